The van der Waals surface area contributed by atoms with Gasteiger partial charge in [-0.2, -0.15) is 23.1 Å². The molecule has 0 radical (unpaired) electrons. The van der Waals surface area contributed by atoms with Gasteiger partial charge in [-0.3, -0.25) is 0 Å². The molecule has 78 valence electrons. The molecular weight excluding hydrogens is 210 g/mol. The minimum absolute atomic E-state index is 0.659. The maximum Gasteiger partial charge on any atom is 0.0166 e. The maximum absolute atomic E-state index is 3.65. The summed E-state index contributed by atoms with van der Waals surface area (Å²) in [5, 5.41) is 8.08. The predicted molar refractivity (Wildman–Crippen MR) is 66.5 cm³/mol. The van der Waals surface area contributed by atoms with Crippen LogP contribution in [-0.4, -0.2) is 24.1 Å². The van der Waals surface area contributed by atoms with E-state index >= 15 is 0 Å². The molecule has 2 atom stereocenters. The fourth-order valence-electron chi connectivity index (χ4n) is 1.71. The fraction of sp³-hybridized carbons (Fsp3) is 0.636. The quantitative estimate of drug-likeness (QED) is 0.849. The van der Waals surface area contributed by atoms with Gasteiger partial charge in [0.2, 0.25) is 0 Å². The Bertz CT molecular complexity index is 252. The summed E-state index contributed by atoms with van der Waals surface area (Å²) in [5.74, 6) is 3.30. The molecule has 1 nitrogen and oxygen atoms in total. The van der Waals surface area contributed by atoms with Crippen molar-refractivity contribution in [2.75, 3.05) is 18.1 Å². The first-order valence-corrected chi connectivity index (χ1v) is 7.29. The number of thiophene rings is 1. The van der Waals surface area contributed by atoms with Crippen molar-refractivity contribution >= 4 is 23.1 Å². The van der Waals surface area contributed by atoms with E-state index in [9.17, 15) is 0 Å². The van der Waals surface area contributed by atoms with Crippen LogP contribution >= 0.6 is 23.1 Å². The van der Waals surface area contributed by atoms with Crippen molar-refractivity contribution in [2.45, 2.75) is 25.3 Å². The van der Waals surface area contributed by atoms with E-state index in [1.54, 1.807) is 11.3 Å². The van der Waals surface area contributed by atoms with Crippen molar-refractivity contribution in [2.24, 2.45) is 0 Å². The zero-order chi connectivity index (χ0) is 9.80. The van der Waals surface area contributed by atoms with E-state index in [4.69, 9.17) is 0 Å². The number of rotatable bonds is 4. The van der Waals surface area contributed by atoms with Crippen LogP contribution in [0.3, 0.4) is 0 Å². The molecule has 1 aromatic rings. The zero-order valence-corrected chi connectivity index (χ0v) is 10.2. The molecule has 1 aliphatic rings. The molecule has 14 heavy (non-hydrogen) atoms. The second-order valence-electron chi connectivity index (χ2n) is 3.93. The lowest BCUT2D eigenvalue weighted by Crippen LogP contribution is -2.31. The van der Waals surface area contributed by atoms with Crippen LogP contribution in [0.2, 0.25) is 0 Å². The van der Waals surface area contributed by atoms with Gasteiger partial charge in [-0.1, -0.05) is 6.92 Å². The van der Waals surface area contributed by atoms with Crippen LogP contribution < -0.4 is 5.32 Å². The first-order valence-electron chi connectivity index (χ1n) is 5.19. The van der Waals surface area contributed by atoms with Crippen molar-refractivity contribution in [1.82, 2.24) is 5.32 Å². The van der Waals surface area contributed by atoms with Gasteiger partial charge < -0.3 is 5.32 Å². The molecule has 2 heterocycles. The number of thioether (sulfide) groups is 1. The summed E-state index contributed by atoms with van der Waals surface area (Å²) >= 11 is 3.87. The van der Waals surface area contributed by atoms with Gasteiger partial charge in [0.15, 0.2) is 0 Å². The van der Waals surface area contributed by atoms with E-state index in [1.165, 1.54) is 23.5 Å². The number of hydrogen-bond donors (Lipinski definition) is 1. The lowest BCUT2D eigenvalue weighted by Gasteiger charge is -2.15. The highest BCUT2D eigenvalue weighted by molar-refractivity contribution is 7.99. The molecule has 3 heteroatoms. The van der Waals surface area contributed by atoms with Crippen LogP contribution in [0, 0.1) is 0 Å². The Morgan fingerprint density at radius 3 is 3.21 bits per heavy atom. The van der Waals surface area contributed by atoms with Crippen LogP contribution in [0.4, 0.5) is 0 Å². The third-order valence-electron chi connectivity index (χ3n) is 2.75. The zero-order valence-electron chi connectivity index (χ0n) is 8.53. The summed E-state index contributed by atoms with van der Waals surface area (Å²) in [6.07, 6.45) is 1.35. The Hall–Kier alpha value is 0.01000. The van der Waals surface area contributed by atoms with Crippen molar-refractivity contribution in [3.8, 4) is 0 Å². The molecule has 1 N–H and O–H groups in total. The highest BCUT2D eigenvalue weighted by Crippen LogP contribution is 2.20. The van der Waals surface area contributed by atoms with Gasteiger partial charge in [0, 0.05) is 18.3 Å². The number of hydrogen-bond acceptors (Lipinski definition) is 3. The summed E-state index contributed by atoms with van der Waals surface area (Å²) in [4.78, 5) is 0. The maximum atomic E-state index is 3.65. The highest BCUT2D eigenvalue weighted by atomic mass is 32.2. The third kappa shape index (κ3) is 2.75. The molecule has 0 aromatic carbocycles. The van der Waals surface area contributed by atoms with Gasteiger partial charge >= 0.3 is 0 Å². The molecule has 2 rings (SSSR count). The third-order valence-corrected chi connectivity index (χ3v) is 4.62. The van der Waals surface area contributed by atoms with E-state index < -0.39 is 0 Å². The summed E-state index contributed by atoms with van der Waals surface area (Å²) in [5.41, 5.74) is 1.48. The Morgan fingerprint density at radius 1 is 1.64 bits per heavy atom. The monoisotopic (exact) mass is 227 g/mol. The van der Waals surface area contributed by atoms with E-state index in [0.717, 1.165) is 12.6 Å². The van der Waals surface area contributed by atoms with Crippen LogP contribution in [0.25, 0.3) is 0 Å². The van der Waals surface area contributed by atoms with Gasteiger partial charge in [0.25, 0.3) is 0 Å². The van der Waals surface area contributed by atoms with Crippen molar-refractivity contribution in [3.05, 3.63) is 22.4 Å². The van der Waals surface area contributed by atoms with E-state index in [2.05, 4.69) is 40.8 Å². The van der Waals surface area contributed by atoms with Crippen LogP contribution in [0.15, 0.2) is 16.8 Å². The molecule has 1 fully saturated rings. The molecule has 0 aliphatic carbocycles. The van der Waals surface area contributed by atoms with E-state index in [-0.39, 0.29) is 0 Å². The SMILES string of the molecule is CC(CNC1CCSC1)c1ccsc1. The smallest absolute Gasteiger partial charge is 0.0166 e. The Balaban J connectivity index is 1.74. The summed E-state index contributed by atoms with van der Waals surface area (Å²) in [6, 6.07) is 3.00. The summed E-state index contributed by atoms with van der Waals surface area (Å²) < 4.78 is 0. The average Bonchev–Trinajstić information content (AvgIpc) is 2.87. The van der Waals surface area contributed by atoms with E-state index in [1.807, 2.05) is 0 Å². The van der Waals surface area contributed by atoms with Gasteiger partial charge in [0.1, 0.15) is 0 Å². The first-order chi connectivity index (χ1) is 6.86. The Kier molecular flexibility index (Phi) is 3.90. The summed E-state index contributed by atoms with van der Waals surface area (Å²) in [6.45, 7) is 3.43. The van der Waals surface area contributed by atoms with Crippen molar-refractivity contribution in [1.29, 1.82) is 0 Å². The van der Waals surface area contributed by atoms with Gasteiger partial charge in [-0.05, 0) is 40.5 Å². The van der Waals surface area contributed by atoms with Gasteiger partial charge in [0.05, 0.1) is 0 Å². The van der Waals surface area contributed by atoms with Crippen LogP contribution in [0.5, 0.6) is 0 Å². The largest absolute Gasteiger partial charge is 0.313 e. The Labute approximate surface area is 94.3 Å². The predicted octanol–water partition coefficient (Wildman–Crippen LogP) is 2.95. The summed E-state index contributed by atoms with van der Waals surface area (Å²) in [7, 11) is 0. The topological polar surface area (TPSA) is 12.0 Å². The van der Waals surface area contributed by atoms with E-state index in [0.29, 0.717) is 5.92 Å². The Morgan fingerprint density at radius 2 is 2.57 bits per heavy atom. The van der Waals surface area contributed by atoms with Gasteiger partial charge in [-0.25, -0.2) is 0 Å². The van der Waals surface area contributed by atoms with Crippen molar-refractivity contribution in [3.63, 3.8) is 0 Å². The molecule has 2 unspecified atom stereocenters. The molecular formula is C11H17NS2. The number of nitrogens with one attached hydrogen (secondary N) is 1. The fourth-order valence-corrected chi connectivity index (χ4v) is 3.68. The van der Waals surface area contributed by atoms with Gasteiger partial charge in [-0.15, -0.1) is 0 Å². The van der Waals surface area contributed by atoms with Crippen molar-refractivity contribution < 1.29 is 0 Å². The first kappa shape index (κ1) is 10.5. The molecule has 1 aliphatic heterocycles. The standard InChI is InChI=1S/C11H17NS2/c1-9(10-2-4-13-7-10)6-12-11-3-5-14-8-11/h2,4,7,9,11-12H,3,5-6,8H2,1H3. The molecule has 0 bridgehead atoms. The van der Waals surface area contributed by atoms with Crippen LogP contribution in [-0.2, 0) is 0 Å². The minimum atomic E-state index is 0.659. The average molecular weight is 227 g/mol. The minimum Gasteiger partial charge on any atom is -0.313 e. The highest BCUT2D eigenvalue weighted by Gasteiger charge is 2.15. The lowest BCUT2D eigenvalue weighted by atomic mass is 10.0. The second kappa shape index (κ2) is 5.19. The second-order valence-corrected chi connectivity index (χ2v) is 5.86. The lowest BCUT2D eigenvalue weighted by molar-refractivity contribution is 0.527. The molecule has 0 spiro atoms. The molecule has 1 saturated heterocycles. The van der Waals surface area contributed by atoms with Crippen LogP contribution in [0.1, 0.15) is 24.8 Å². The molecule has 0 amide bonds. The molecule has 0 saturated carbocycles. The normalized spacial score (nSPS) is 23.9. The molecule has 1 aromatic heterocycles.